The highest BCUT2D eigenvalue weighted by Crippen LogP contribution is 2.45. The van der Waals surface area contributed by atoms with Crippen LogP contribution in [0.2, 0.25) is 5.04 Å². The third kappa shape index (κ3) is 14.5. The molecule has 9 rings (SSSR count). The minimum Gasteiger partial charge on any atom is -0.476 e. The first-order valence-corrected chi connectivity index (χ1v) is 32.7. The van der Waals surface area contributed by atoms with Crippen LogP contribution in [0.4, 0.5) is 4.79 Å². The van der Waals surface area contributed by atoms with E-state index in [0.717, 1.165) is 38.6 Å². The van der Waals surface area contributed by atoms with Gasteiger partial charge in [-0.15, -0.1) is 45.3 Å². The number of nitrogens with one attached hydrogen (secondary N) is 3. The van der Waals surface area contributed by atoms with Crippen LogP contribution in [-0.2, 0) is 33.0 Å². The van der Waals surface area contributed by atoms with Crippen LogP contribution in [0.1, 0.15) is 98.1 Å². The lowest BCUT2D eigenvalue weighted by Crippen LogP contribution is -2.67. The van der Waals surface area contributed by atoms with Crippen LogP contribution in [0.15, 0.2) is 125 Å². The van der Waals surface area contributed by atoms with E-state index in [2.05, 4.69) is 71.0 Å². The number of alkyl carbamates (subject to hydrolysis) is 1. The van der Waals surface area contributed by atoms with Crippen molar-refractivity contribution in [1.82, 2.24) is 45.8 Å². The molecule has 448 valence electrons. The van der Waals surface area contributed by atoms with Crippen molar-refractivity contribution in [1.29, 1.82) is 0 Å². The molecule has 1 aliphatic heterocycles. The monoisotopic (exact) mass is 1260 g/mol. The second-order valence-electron chi connectivity index (χ2n) is 22.0. The number of aromatic carboxylic acids is 1. The van der Waals surface area contributed by atoms with Crippen molar-refractivity contribution in [2.24, 2.45) is 5.73 Å². The fourth-order valence-electron chi connectivity index (χ4n) is 9.96. The SMILES string of the molecule is COCOC[C@H](NC(=O)c1csc(-c2ccc(-c3nc(C(=O)O)cs3)c(-c3csc(-c4csc([C@H](NC(=O)CNC(=O)OC(C)(C)C)[C@@H](O[Si](c5ccccc5)(c5ccccc5)C(C)(C)C)c5ccccc5)n4)n3)n2)n1)C(=O)N1CCC[C@H]1C(N)=O. The van der Waals surface area contributed by atoms with Crippen molar-refractivity contribution in [2.45, 2.75) is 89.3 Å². The van der Waals surface area contributed by atoms with Gasteiger partial charge < -0.3 is 50.3 Å². The summed E-state index contributed by atoms with van der Waals surface area (Å²) in [6.45, 7) is 11.2. The Labute approximate surface area is 513 Å². The molecular formula is C60H64N10O11S4Si. The first-order valence-electron chi connectivity index (χ1n) is 27.3. The number of nitrogens with two attached hydrogens (primary N) is 1. The molecule has 3 aromatic carbocycles. The Bertz CT molecular complexity index is 3660. The van der Waals surface area contributed by atoms with E-state index in [0.29, 0.717) is 61.2 Å². The van der Waals surface area contributed by atoms with Gasteiger partial charge in [-0.1, -0.05) is 112 Å². The van der Waals surface area contributed by atoms with Crippen LogP contribution in [0.25, 0.3) is 43.4 Å². The zero-order valence-electron chi connectivity index (χ0n) is 48.1. The van der Waals surface area contributed by atoms with Gasteiger partial charge in [0.05, 0.1) is 18.4 Å². The lowest BCUT2D eigenvalue weighted by Gasteiger charge is -2.46. The predicted molar refractivity (Wildman–Crippen MR) is 332 cm³/mol. The Hall–Kier alpha value is -7.95. The Balaban J connectivity index is 1.08. The number of primary amides is 1. The molecule has 6 N–H and O–H groups in total. The number of benzene rings is 3. The molecule has 4 atom stereocenters. The average Bonchev–Trinajstić information content (AvgIpc) is 1.04. The first-order chi connectivity index (χ1) is 41.1. The molecule has 0 aliphatic carbocycles. The molecule has 0 bridgehead atoms. The maximum Gasteiger partial charge on any atom is 0.408 e. The molecule has 8 aromatic rings. The molecule has 1 saturated heterocycles. The van der Waals surface area contributed by atoms with E-state index >= 15 is 0 Å². The number of carbonyl (C=O) groups excluding carboxylic acids is 5. The molecule has 0 radical (unpaired) electrons. The summed E-state index contributed by atoms with van der Waals surface area (Å²) in [5.74, 6) is -3.59. The number of hydrogen-bond acceptors (Lipinski definition) is 19. The second kappa shape index (κ2) is 27.2. The molecule has 0 unspecified atom stereocenters. The summed E-state index contributed by atoms with van der Waals surface area (Å²) in [5, 5.41) is 28.2. The number of pyridine rings is 1. The zero-order valence-corrected chi connectivity index (χ0v) is 52.4. The van der Waals surface area contributed by atoms with Gasteiger partial charge in [-0.2, -0.15) is 0 Å². The van der Waals surface area contributed by atoms with Crippen LogP contribution in [0, 0.1) is 0 Å². The second-order valence-corrected chi connectivity index (χ2v) is 29.7. The van der Waals surface area contributed by atoms with Crippen molar-refractivity contribution in [2.75, 3.05) is 33.6 Å². The molecule has 86 heavy (non-hydrogen) atoms. The van der Waals surface area contributed by atoms with E-state index in [1.165, 1.54) is 45.4 Å². The number of carbonyl (C=O) groups is 6. The number of carboxylic acids is 1. The highest BCUT2D eigenvalue weighted by atomic mass is 32.1. The summed E-state index contributed by atoms with van der Waals surface area (Å²) in [6, 6.07) is 30.5. The van der Waals surface area contributed by atoms with Gasteiger partial charge >= 0.3 is 12.1 Å². The third-order valence-corrected chi connectivity index (χ3v) is 22.3. The number of thiazole rings is 4. The lowest BCUT2D eigenvalue weighted by molar-refractivity contribution is -0.141. The van der Waals surface area contributed by atoms with Crippen molar-refractivity contribution in [3.63, 3.8) is 0 Å². The number of likely N-dealkylation sites (tertiary alicyclic amines) is 1. The van der Waals surface area contributed by atoms with E-state index in [1.54, 1.807) is 38.3 Å². The van der Waals surface area contributed by atoms with Gasteiger partial charge in [0.2, 0.25) is 17.7 Å². The fourth-order valence-corrected chi connectivity index (χ4v) is 17.9. The normalized spacial score (nSPS) is 14.7. The highest BCUT2D eigenvalue weighted by Gasteiger charge is 2.53. The topological polar surface area (TPSA) is 289 Å². The van der Waals surface area contributed by atoms with Crippen molar-refractivity contribution in [3.8, 4) is 43.4 Å². The summed E-state index contributed by atoms with van der Waals surface area (Å²) < 4.78 is 23.9. The third-order valence-electron chi connectivity index (χ3n) is 13.8. The van der Waals surface area contributed by atoms with Gasteiger partial charge in [-0.3, -0.25) is 19.2 Å². The fraction of sp³-hybridized carbons (Fsp3) is 0.317. The summed E-state index contributed by atoms with van der Waals surface area (Å²) in [4.78, 5) is 105. The number of aromatic nitrogens is 5. The van der Waals surface area contributed by atoms with Crippen LogP contribution in [-0.4, -0.2) is 130 Å². The van der Waals surface area contributed by atoms with Gasteiger partial charge in [0, 0.05) is 40.7 Å². The minimum absolute atomic E-state index is 0.0172. The first kappa shape index (κ1) is 62.6. The Morgan fingerprint density at radius 1 is 0.721 bits per heavy atom. The quantitative estimate of drug-likeness (QED) is 0.0228. The average molecular weight is 1260 g/mol. The van der Waals surface area contributed by atoms with Crippen LogP contribution in [0.5, 0.6) is 0 Å². The Kier molecular flexibility index (Phi) is 19.8. The van der Waals surface area contributed by atoms with Gasteiger partial charge in [0.25, 0.3) is 14.2 Å². The van der Waals surface area contributed by atoms with Gasteiger partial charge in [-0.25, -0.2) is 34.5 Å². The number of hydrogen-bond donors (Lipinski definition) is 5. The Morgan fingerprint density at radius 3 is 1.97 bits per heavy atom. The number of ether oxygens (including phenoxy) is 3. The number of carboxylic acid groups (broad SMARTS) is 1. The molecule has 1 aliphatic rings. The van der Waals surface area contributed by atoms with Crippen molar-refractivity contribution >= 4 is 99.7 Å². The maximum atomic E-state index is 14.3. The van der Waals surface area contributed by atoms with Gasteiger partial charge in [0.15, 0.2) is 5.69 Å². The van der Waals surface area contributed by atoms with Gasteiger partial charge in [0.1, 0.15) is 79.9 Å². The summed E-state index contributed by atoms with van der Waals surface area (Å²) in [5.41, 5.74) is 7.41. The summed E-state index contributed by atoms with van der Waals surface area (Å²) in [7, 11) is -1.95. The lowest BCUT2D eigenvalue weighted by atomic mass is 10.0. The smallest absolute Gasteiger partial charge is 0.408 e. The van der Waals surface area contributed by atoms with E-state index in [4.69, 9.17) is 39.3 Å². The standard InChI is InChI=1S/C60H64N10O11S4Si/c1-59(2,3)80-58(77)62-28-46(71)69-48(49(35-18-11-8-12-19-35)81-86(60(4,5)6,36-20-13-9-14-21-36)37-22-15-10-16-23-37)55-67-43(32-85-55)54-65-41(30-83-54)47-38(52-68-44(33-82-52)57(75)76)25-26-39(63-47)53-66-42(31-84-53)51(73)64-40(29-79-34-78-7)56(74)70-27-17-24-45(70)50(61)72/h8-16,18-23,25-26,30-33,40,45,48-49H,17,24,27-29,34H2,1-7H3,(H2,61,72)(H,62,77)(H,64,73)(H,69,71)(H,75,76)/t40-,45-,48+,49-/m0/s1. The number of rotatable bonds is 23. The molecule has 5 amide bonds. The Morgan fingerprint density at radius 2 is 1.34 bits per heavy atom. The molecule has 0 spiro atoms. The van der Waals surface area contributed by atoms with E-state index in [1.807, 2.05) is 72.1 Å². The van der Waals surface area contributed by atoms with E-state index in [-0.39, 0.29) is 31.3 Å². The zero-order chi connectivity index (χ0) is 61.3. The minimum atomic E-state index is -3.37. The molecular weight excluding hydrogens is 1190 g/mol. The number of nitrogens with zero attached hydrogens (tertiary/aromatic N) is 6. The molecule has 5 aromatic heterocycles. The predicted octanol–water partition coefficient (Wildman–Crippen LogP) is 8.47. The molecule has 21 nitrogen and oxygen atoms in total. The van der Waals surface area contributed by atoms with Crippen LogP contribution >= 0.6 is 45.3 Å². The highest BCUT2D eigenvalue weighted by molar-refractivity contribution is 7.15. The number of amides is 5. The molecule has 26 heteroatoms. The number of methoxy groups -OCH3 is 1. The molecule has 0 saturated carbocycles. The van der Waals surface area contributed by atoms with Crippen molar-refractivity contribution in [3.05, 3.63) is 147 Å². The molecule has 1 fully saturated rings. The van der Waals surface area contributed by atoms with Crippen LogP contribution < -0.4 is 32.1 Å². The largest absolute Gasteiger partial charge is 0.476 e. The van der Waals surface area contributed by atoms with Crippen molar-refractivity contribution < 1.29 is 52.5 Å². The summed E-state index contributed by atoms with van der Waals surface area (Å²) >= 11 is 4.83. The van der Waals surface area contributed by atoms with E-state index < -0.39 is 85.4 Å². The van der Waals surface area contributed by atoms with Crippen LogP contribution in [0.3, 0.4) is 0 Å². The molecule has 6 heterocycles. The van der Waals surface area contributed by atoms with E-state index in [9.17, 15) is 33.9 Å². The van der Waals surface area contributed by atoms with Gasteiger partial charge in [-0.05, 0) is 66.7 Å². The summed E-state index contributed by atoms with van der Waals surface area (Å²) in [6.07, 6.45) is -0.647. The maximum absolute atomic E-state index is 14.3.